The number of hydrogen-bond acceptors (Lipinski definition) is 3. The summed E-state index contributed by atoms with van der Waals surface area (Å²) in [5.41, 5.74) is 1.24. The van der Waals surface area contributed by atoms with Crippen LogP contribution in [-0.4, -0.2) is 48.6 Å². The molecule has 6 nitrogen and oxygen atoms in total. The zero-order valence-electron chi connectivity index (χ0n) is 13.8. The molecule has 2 heterocycles. The summed E-state index contributed by atoms with van der Waals surface area (Å²) in [4.78, 5) is 17.5. The second kappa shape index (κ2) is 5.88. The number of aryl methyl sites for hydroxylation is 1. The van der Waals surface area contributed by atoms with Crippen molar-refractivity contribution < 1.29 is 13.2 Å². The lowest BCUT2D eigenvalue weighted by molar-refractivity contribution is -0.130. The molecule has 3 fully saturated rings. The number of carbonyl (C=O) groups excluding carboxylic acids is 1. The fourth-order valence-electron chi connectivity index (χ4n) is 4.18. The van der Waals surface area contributed by atoms with E-state index in [2.05, 4.69) is 9.71 Å². The lowest BCUT2D eigenvalue weighted by Gasteiger charge is -2.45. The number of hydrogen-bond donors (Lipinski definition) is 2. The molecule has 1 amide bonds. The normalized spacial score (nSPS) is 29.8. The topological polar surface area (TPSA) is 82.3 Å². The van der Waals surface area contributed by atoms with Crippen LogP contribution in [0.3, 0.4) is 0 Å². The zero-order valence-corrected chi connectivity index (χ0v) is 14.6. The fraction of sp³-hybridized carbons (Fsp3) is 0.706. The van der Waals surface area contributed by atoms with Crippen LogP contribution in [0, 0.1) is 5.41 Å². The number of nitrogens with one attached hydrogen (secondary N) is 2. The predicted molar refractivity (Wildman–Crippen MR) is 90.8 cm³/mol. The number of amides is 1. The standard InChI is InChI=1S/C17H25N3O3S/c21-16(6-3-13-2-1-8-18-13)20-9-7-17(12-20)10-14(11-17)19-24(22,23)15-4-5-15/h1-2,8,14-15,18-19H,3-7,9-12H2. The summed E-state index contributed by atoms with van der Waals surface area (Å²) < 4.78 is 26.8. The van der Waals surface area contributed by atoms with Crippen molar-refractivity contribution in [1.82, 2.24) is 14.6 Å². The molecule has 1 aliphatic heterocycles. The van der Waals surface area contributed by atoms with Gasteiger partial charge in [-0.25, -0.2) is 13.1 Å². The third-order valence-electron chi connectivity index (χ3n) is 5.71. The second-order valence-corrected chi connectivity index (χ2v) is 9.72. The SMILES string of the molecule is O=C(CCc1ccc[nH]1)N1CCC2(CC(NS(=O)(=O)C3CC3)C2)C1. The Hall–Kier alpha value is -1.34. The number of H-pyrrole nitrogens is 1. The van der Waals surface area contributed by atoms with Gasteiger partial charge in [0.2, 0.25) is 15.9 Å². The first kappa shape index (κ1) is 16.1. The first-order chi connectivity index (χ1) is 11.5. The number of nitrogens with zero attached hydrogens (tertiary/aromatic N) is 1. The van der Waals surface area contributed by atoms with E-state index in [0.29, 0.717) is 6.42 Å². The highest BCUT2D eigenvalue weighted by Crippen LogP contribution is 2.49. The van der Waals surface area contributed by atoms with E-state index in [-0.39, 0.29) is 22.6 Å². The molecule has 0 radical (unpaired) electrons. The summed E-state index contributed by atoms with van der Waals surface area (Å²) >= 11 is 0. The number of aromatic nitrogens is 1. The molecule has 2 saturated carbocycles. The zero-order chi connectivity index (χ0) is 16.8. The largest absolute Gasteiger partial charge is 0.365 e. The van der Waals surface area contributed by atoms with Gasteiger partial charge in [-0.15, -0.1) is 0 Å². The van der Waals surface area contributed by atoms with Crippen molar-refractivity contribution in [2.45, 2.75) is 56.2 Å². The Bertz CT molecular complexity index is 703. The highest BCUT2D eigenvalue weighted by molar-refractivity contribution is 7.90. The lowest BCUT2D eigenvalue weighted by Crippen LogP contribution is -2.52. The third kappa shape index (κ3) is 3.24. The van der Waals surface area contributed by atoms with E-state index in [0.717, 1.165) is 57.3 Å². The molecule has 1 aromatic rings. The van der Waals surface area contributed by atoms with Crippen molar-refractivity contribution in [3.8, 4) is 0 Å². The molecule has 1 saturated heterocycles. The molecule has 7 heteroatoms. The van der Waals surface area contributed by atoms with Crippen LogP contribution in [0.2, 0.25) is 0 Å². The minimum Gasteiger partial charge on any atom is -0.365 e. The van der Waals surface area contributed by atoms with Gasteiger partial charge in [-0.1, -0.05) is 0 Å². The number of aromatic amines is 1. The van der Waals surface area contributed by atoms with Crippen LogP contribution < -0.4 is 4.72 Å². The van der Waals surface area contributed by atoms with Gasteiger partial charge in [-0.3, -0.25) is 4.79 Å². The van der Waals surface area contributed by atoms with Crippen LogP contribution in [-0.2, 0) is 21.2 Å². The minimum atomic E-state index is -3.09. The number of sulfonamides is 1. The molecule has 4 rings (SSSR count). The van der Waals surface area contributed by atoms with Gasteiger partial charge < -0.3 is 9.88 Å². The van der Waals surface area contributed by atoms with Crippen molar-refractivity contribution in [3.05, 3.63) is 24.0 Å². The minimum absolute atomic E-state index is 0.0737. The summed E-state index contributed by atoms with van der Waals surface area (Å²) in [6.07, 6.45) is 7.52. The Kier molecular flexibility index (Phi) is 3.95. The van der Waals surface area contributed by atoms with Crippen LogP contribution in [0.15, 0.2) is 18.3 Å². The molecule has 1 aromatic heterocycles. The van der Waals surface area contributed by atoms with Crippen molar-refractivity contribution in [3.63, 3.8) is 0 Å². The quantitative estimate of drug-likeness (QED) is 0.813. The summed E-state index contributed by atoms with van der Waals surface area (Å²) in [6, 6.07) is 4.02. The Labute approximate surface area is 143 Å². The molecule has 2 aliphatic carbocycles. The fourth-order valence-corrected chi connectivity index (χ4v) is 5.76. The van der Waals surface area contributed by atoms with Crippen LogP contribution >= 0.6 is 0 Å². The third-order valence-corrected chi connectivity index (χ3v) is 7.73. The highest BCUT2D eigenvalue weighted by atomic mass is 32.2. The molecule has 0 atom stereocenters. The van der Waals surface area contributed by atoms with E-state index in [1.807, 2.05) is 23.2 Å². The van der Waals surface area contributed by atoms with E-state index >= 15 is 0 Å². The molecule has 24 heavy (non-hydrogen) atoms. The van der Waals surface area contributed by atoms with Crippen molar-refractivity contribution in [2.75, 3.05) is 13.1 Å². The molecule has 0 aromatic carbocycles. The summed E-state index contributed by atoms with van der Waals surface area (Å²) in [7, 11) is -3.09. The second-order valence-electron chi connectivity index (χ2n) is 7.73. The van der Waals surface area contributed by atoms with E-state index < -0.39 is 10.0 Å². The lowest BCUT2D eigenvalue weighted by atomic mass is 9.65. The van der Waals surface area contributed by atoms with Crippen molar-refractivity contribution in [2.24, 2.45) is 5.41 Å². The summed E-state index contributed by atoms with van der Waals surface area (Å²) in [6.45, 7) is 1.60. The predicted octanol–water partition coefficient (Wildman–Crippen LogP) is 1.41. The van der Waals surface area contributed by atoms with Gasteiger partial charge in [0.05, 0.1) is 5.25 Å². The molecule has 0 unspecified atom stereocenters. The Balaban J connectivity index is 1.24. The van der Waals surface area contributed by atoms with Crippen LogP contribution in [0.5, 0.6) is 0 Å². The monoisotopic (exact) mass is 351 g/mol. The van der Waals surface area contributed by atoms with Gasteiger partial charge in [-0.05, 0) is 56.1 Å². The van der Waals surface area contributed by atoms with Gasteiger partial charge in [0, 0.05) is 37.4 Å². The molecular formula is C17H25N3O3S. The van der Waals surface area contributed by atoms with Gasteiger partial charge >= 0.3 is 0 Å². The van der Waals surface area contributed by atoms with Crippen LogP contribution in [0.25, 0.3) is 0 Å². The Morgan fingerprint density at radius 1 is 1.38 bits per heavy atom. The van der Waals surface area contributed by atoms with Gasteiger partial charge in [0.25, 0.3) is 0 Å². The average Bonchev–Trinajstić information content (AvgIpc) is 3.08. The summed E-state index contributed by atoms with van der Waals surface area (Å²) in [5, 5.41) is -0.149. The van der Waals surface area contributed by atoms with Crippen LogP contribution in [0.1, 0.15) is 44.2 Å². The average molecular weight is 351 g/mol. The maximum atomic E-state index is 12.4. The first-order valence-corrected chi connectivity index (χ1v) is 10.4. The molecular weight excluding hydrogens is 326 g/mol. The van der Waals surface area contributed by atoms with Gasteiger partial charge in [0.1, 0.15) is 0 Å². The highest BCUT2D eigenvalue weighted by Gasteiger charge is 2.51. The maximum absolute atomic E-state index is 12.4. The Morgan fingerprint density at radius 3 is 2.83 bits per heavy atom. The molecule has 1 spiro atoms. The number of rotatable bonds is 6. The van der Waals surface area contributed by atoms with E-state index in [9.17, 15) is 13.2 Å². The van der Waals surface area contributed by atoms with Crippen molar-refractivity contribution >= 4 is 15.9 Å². The summed E-state index contributed by atoms with van der Waals surface area (Å²) in [5.74, 6) is 0.212. The van der Waals surface area contributed by atoms with E-state index in [4.69, 9.17) is 0 Å². The van der Waals surface area contributed by atoms with Crippen LogP contribution in [0.4, 0.5) is 0 Å². The first-order valence-electron chi connectivity index (χ1n) is 8.87. The van der Waals surface area contributed by atoms with E-state index in [1.165, 1.54) is 0 Å². The van der Waals surface area contributed by atoms with E-state index in [1.54, 1.807) is 0 Å². The molecule has 0 bridgehead atoms. The maximum Gasteiger partial charge on any atom is 0.222 e. The Morgan fingerprint density at radius 2 is 2.17 bits per heavy atom. The molecule has 3 aliphatic rings. The molecule has 2 N–H and O–H groups in total. The smallest absolute Gasteiger partial charge is 0.222 e. The van der Waals surface area contributed by atoms with Gasteiger partial charge in [-0.2, -0.15) is 0 Å². The van der Waals surface area contributed by atoms with Gasteiger partial charge in [0.15, 0.2) is 0 Å². The number of carbonyl (C=O) groups is 1. The number of likely N-dealkylation sites (tertiary alicyclic amines) is 1. The van der Waals surface area contributed by atoms with Crippen molar-refractivity contribution in [1.29, 1.82) is 0 Å². The molecule has 132 valence electrons.